The van der Waals surface area contributed by atoms with Crippen molar-refractivity contribution in [1.82, 2.24) is 10.4 Å². The zero-order valence-electron chi connectivity index (χ0n) is 8.65. The van der Waals surface area contributed by atoms with Gasteiger partial charge in [-0.25, -0.2) is 0 Å². The Morgan fingerprint density at radius 1 is 1.59 bits per heavy atom. The van der Waals surface area contributed by atoms with Gasteiger partial charge in [0.1, 0.15) is 0 Å². The van der Waals surface area contributed by atoms with E-state index in [9.17, 15) is 0 Å². The number of pyridine rings is 1. The predicted molar refractivity (Wildman–Crippen MR) is 74.7 cm³/mol. The maximum absolute atomic E-state index is 4.89. The second-order valence-electron chi connectivity index (χ2n) is 2.17. The van der Waals surface area contributed by atoms with E-state index in [-0.39, 0.29) is 20.6 Å². The molecule has 0 fully saturated rings. The largest absolute Gasteiger partial charge is 0.870 e. The molecule has 0 aliphatic rings. The topological polar surface area (TPSA) is 67.3 Å². The molecule has 2 N–H and O–H groups in total. The molecule has 0 saturated heterocycles. The molecule has 9 heteroatoms. The molecule has 0 unspecified atom stereocenters. The van der Waals surface area contributed by atoms with E-state index < -0.39 is 0 Å². The zero-order valence-corrected chi connectivity index (χ0v) is 13.5. The van der Waals surface area contributed by atoms with Crippen LogP contribution in [0.2, 0.25) is 0 Å². The van der Waals surface area contributed by atoms with Crippen LogP contribution in [0.4, 0.5) is 0 Å². The minimum atomic E-state index is -0.346. The van der Waals surface area contributed by atoms with Gasteiger partial charge in [0.2, 0.25) is 0 Å². The second-order valence-corrected chi connectivity index (χ2v) is 6.29. The number of rotatable bonds is 2. The Morgan fingerprint density at radius 3 is 2.71 bits per heavy atom. The van der Waals surface area contributed by atoms with Crippen LogP contribution in [0, 0.1) is 0 Å². The van der Waals surface area contributed by atoms with Gasteiger partial charge in [-0.05, 0) is 18.4 Å². The van der Waals surface area contributed by atoms with Crippen molar-refractivity contribution in [1.29, 1.82) is 0 Å². The van der Waals surface area contributed by atoms with Crippen LogP contribution in [0.5, 0.6) is 0 Å². The first-order chi connectivity index (χ1) is 7.74. The smallest absolute Gasteiger partial charge is 0.870 e. The van der Waals surface area contributed by atoms with Crippen LogP contribution in [0.3, 0.4) is 0 Å². The molecular weight excluding hydrogens is 390 g/mol. The fourth-order valence-corrected chi connectivity index (χ4v) is 0.846. The van der Waals surface area contributed by atoms with Gasteiger partial charge < -0.3 is 5.48 Å². The van der Waals surface area contributed by atoms with Crippen molar-refractivity contribution < 1.29 is 20.6 Å². The van der Waals surface area contributed by atoms with Gasteiger partial charge in [0, 0.05) is 6.20 Å². The molecule has 17 heavy (non-hydrogen) atoms. The van der Waals surface area contributed by atoms with Crippen molar-refractivity contribution in [2.75, 3.05) is 6.26 Å². The van der Waals surface area contributed by atoms with Crippen LogP contribution in [0.1, 0.15) is 5.69 Å². The number of aromatic nitrogens is 1. The molecule has 1 aromatic heterocycles. The van der Waals surface area contributed by atoms with Crippen LogP contribution < -0.4 is 5.43 Å². The number of thiocarbonyl (C=S) groups is 1. The summed E-state index contributed by atoms with van der Waals surface area (Å²) in [4.78, 5) is 4.06. The van der Waals surface area contributed by atoms with E-state index in [1.54, 1.807) is 12.4 Å². The number of halogens is 2. The Hall–Kier alpha value is 0.223. The van der Waals surface area contributed by atoms with Gasteiger partial charge in [0.05, 0.1) is 11.9 Å². The van der Waals surface area contributed by atoms with Gasteiger partial charge in [-0.3, -0.25) is 10.4 Å². The third-order valence-electron chi connectivity index (χ3n) is 1.23. The first-order valence-corrected chi connectivity index (χ1v) is 9.98. The molecule has 1 heterocycles. The van der Waals surface area contributed by atoms with E-state index in [0.717, 1.165) is 5.69 Å². The third kappa shape index (κ3) is 12.5. The standard InChI is InChI=1S/C8H9N3S2.2ClH.H2O.Ru/c1-13-8(12)11-10-6-7-4-2-3-5-9-7;;;;/h2-6H,1H3,(H,11,12);2*1H;1H2;/q;;;;+2/p-3. The molecule has 0 bridgehead atoms. The molecule has 0 aromatic carbocycles. The molecule has 98 valence electrons. The van der Waals surface area contributed by atoms with Crippen LogP contribution in [0.25, 0.3) is 0 Å². The molecule has 0 aliphatic carbocycles. The summed E-state index contributed by atoms with van der Waals surface area (Å²) in [5, 5.41) is 3.91. The average Bonchev–Trinajstić information content (AvgIpc) is 2.31. The van der Waals surface area contributed by atoms with E-state index in [4.69, 9.17) is 31.6 Å². The van der Waals surface area contributed by atoms with E-state index in [0.29, 0.717) is 4.32 Å². The molecule has 0 aliphatic heterocycles. The summed E-state index contributed by atoms with van der Waals surface area (Å²) in [6.07, 6.45) is 5.24. The Morgan fingerprint density at radius 2 is 2.24 bits per heavy atom. The number of hydrogen-bond donors (Lipinski definition) is 1. The maximum atomic E-state index is 4.89. The first kappa shape index (κ1) is 19.6. The van der Waals surface area contributed by atoms with Crippen molar-refractivity contribution in [3.63, 3.8) is 0 Å². The summed E-state index contributed by atoms with van der Waals surface area (Å²) in [5.41, 5.74) is 3.51. The van der Waals surface area contributed by atoms with Crippen LogP contribution in [0.15, 0.2) is 29.5 Å². The number of hydrogen-bond acceptors (Lipinski definition) is 5. The molecule has 4 nitrogen and oxygen atoms in total. The number of nitrogens with zero attached hydrogens (tertiary/aromatic N) is 2. The Bertz CT molecular complexity index is 330. The van der Waals surface area contributed by atoms with E-state index in [1.807, 2.05) is 24.5 Å². The van der Waals surface area contributed by atoms with Gasteiger partial charge in [-0.1, -0.05) is 30.0 Å². The maximum Gasteiger partial charge on any atom is -0.870 e. The predicted octanol–water partition coefficient (Wildman–Crippen LogP) is 2.85. The molecule has 0 atom stereocenters. The van der Waals surface area contributed by atoms with E-state index >= 15 is 0 Å². The fourth-order valence-electron chi connectivity index (χ4n) is 0.649. The minimum absolute atomic E-state index is 0. The fraction of sp³-hybridized carbons (Fsp3) is 0.125. The Balaban J connectivity index is 0. The molecule has 0 amide bonds. The van der Waals surface area contributed by atoms with Gasteiger partial charge in [-0.2, -0.15) is 5.10 Å². The normalized spacial score (nSPS) is 9.12. The van der Waals surface area contributed by atoms with Gasteiger partial charge in [-0.15, -0.1) is 0 Å². The molecular formula is C8H10Cl2N3ORuS2-. The SMILES string of the molecule is CSC(=S)NN=Cc1ccccn1.[Cl][Ru][Cl].[OH-]. The van der Waals surface area contributed by atoms with Crippen LogP contribution in [-0.2, 0) is 15.1 Å². The number of hydrazone groups is 1. The summed E-state index contributed by atoms with van der Waals surface area (Å²) in [6.45, 7) is 0. The van der Waals surface area contributed by atoms with E-state index in [2.05, 4.69) is 15.5 Å². The molecule has 0 radical (unpaired) electrons. The van der Waals surface area contributed by atoms with Crippen molar-refractivity contribution in [3.05, 3.63) is 30.1 Å². The van der Waals surface area contributed by atoms with Crippen LogP contribution >= 0.6 is 43.4 Å². The second kappa shape index (κ2) is 14.3. The Labute approximate surface area is 126 Å². The van der Waals surface area contributed by atoms with Gasteiger partial charge in [0.25, 0.3) is 0 Å². The van der Waals surface area contributed by atoms with Crippen molar-refractivity contribution in [2.24, 2.45) is 5.10 Å². The summed E-state index contributed by atoms with van der Waals surface area (Å²) in [7, 11) is 9.71. The monoisotopic (exact) mass is 400 g/mol. The zero-order chi connectivity index (χ0) is 12.2. The number of thioether (sulfide) groups is 1. The number of nitrogens with one attached hydrogen (secondary N) is 1. The summed E-state index contributed by atoms with van der Waals surface area (Å²) >= 11 is 5.99. The molecule has 0 spiro atoms. The Kier molecular flexibility index (Phi) is 16.4. The quantitative estimate of drug-likeness (QED) is 0.358. The van der Waals surface area contributed by atoms with Crippen LogP contribution in [-0.4, -0.2) is 27.3 Å². The van der Waals surface area contributed by atoms with E-state index in [1.165, 1.54) is 11.8 Å². The third-order valence-corrected chi connectivity index (χ3v) is 2.28. The van der Waals surface area contributed by atoms with Gasteiger partial charge >= 0.3 is 34.5 Å². The molecule has 0 saturated carbocycles. The van der Waals surface area contributed by atoms with Crippen molar-refractivity contribution >= 4 is 53.9 Å². The summed E-state index contributed by atoms with van der Waals surface area (Å²) in [5.74, 6) is 0. The van der Waals surface area contributed by atoms with Crippen molar-refractivity contribution in [3.8, 4) is 0 Å². The average molecular weight is 400 g/mol. The molecule has 1 aromatic rings. The summed E-state index contributed by atoms with van der Waals surface area (Å²) < 4.78 is 0.646. The van der Waals surface area contributed by atoms with Gasteiger partial charge in [0.15, 0.2) is 4.32 Å². The van der Waals surface area contributed by atoms with Crippen molar-refractivity contribution in [2.45, 2.75) is 0 Å². The summed E-state index contributed by atoms with van der Waals surface area (Å²) in [6, 6.07) is 5.63. The molecule has 1 rings (SSSR count). The minimum Gasteiger partial charge on any atom is -0.870 e. The first-order valence-electron chi connectivity index (χ1n) is 3.87.